The van der Waals surface area contributed by atoms with Crippen LogP contribution >= 0.6 is 23.2 Å². The Labute approximate surface area is 104 Å². The molecule has 17 heavy (non-hydrogen) atoms. The fourth-order valence-electron chi connectivity index (χ4n) is 0.976. The van der Waals surface area contributed by atoms with Gasteiger partial charge in [0.2, 0.25) is 0 Å². The molecule has 92 valence electrons. The van der Waals surface area contributed by atoms with Gasteiger partial charge in [-0.25, -0.2) is 0 Å². The summed E-state index contributed by atoms with van der Waals surface area (Å²) >= 11 is 11.2. The van der Waals surface area contributed by atoms with E-state index < -0.39 is 11.7 Å². The molecule has 1 rings (SSSR count). The average molecular weight is 285 g/mol. The maximum Gasteiger partial charge on any atom is 0.416 e. The molecule has 0 heterocycles. The number of hydrazone groups is 1. The summed E-state index contributed by atoms with van der Waals surface area (Å²) in [6.07, 6.45) is -3.28. The van der Waals surface area contributed by atoms with Crippen LogP contribution in [0.15, 0.2) is 17.2 Å². The fraction of sp³-hybridized carbons (Fsp3) is 0.111. The molecule has 1 aromatic rings. The van der Waals surface area contributed by atoms with E-state index in [2.05, 4.69) is 10.5 Å². The molecule has 8 heteroatoms. The lowest BCUT2D eigenvalue weighted by Crippen LogP contribution is -2.05. The number of aldehydes is 1. The normalized spacial score (nSPS) is 11.8. The monoisotopic (exact) mass is 284 g/mol. The van der Waals surface area contributed by atoms with Crippen molar-refractivity contribution in [3.8, 4) is 0 Å². The van der Waals surface area contributed by atoms with Crippen molar-refractivity contribution >= 4 is 41.4 Å². The van der Waals surface area contributed by atoms with E-state index in [4.69, 9.17) is 23.2 Å². The molecule has 0 atom stereocenters. The van der Waals surface area contributed by atoms with Gasteiger partial charge in [-0.1, -0.05) is 23.2 Å². The molecule has 0 radical (unpaired) electrons. The van der Waals surface area contributed by atoms with Gasteiger partial charge in [0.1, 0.15) is 0 Å². The molecule has 0 unspecified atom stereocenters. The molecule has 0 saturated heterocycles. The highest BCUT2D eigenvalue weighted by atomic mass is 35.5. The fourth-order valence-corrected chi connectivity index (χ4v) is 1.55. The Balaban J connectivity index is 3.11. The standard InChI is InChI=1S/C9H5Cl2F3N2O/c10-6-3-5(9(12,13)14)4-7(11)8(6)16-15-1-2-17/h1-4,16H/b15-1+. The van der Waals surface area contributed by atoms with Gasteiger partial charge >= 0.3 is 6.18 Å². The predicted octanol–water partition coefficient (Wildman–Crippen LogP) is 3.61. The van der Waals surface area contributed by atoms with Gasteiger partial charge in [0.05, 0.1) is 27.5 Å². The number of anilines is 1. The molecule has 0 aliphatic carbocycles. The van der Waals surface area contributed by atoms with E-state index in [0.717, 1.165) is 6.21 Å². The predicted molar refractivity (Wildman–Crippen MR) is 59.6 cm³/mol. The Hall–Kier alpha value is -1.27. The Kier molecular flexibility index (Phi) is 4.36. The average Bonchev–Trinajstić information content (AvgIpc) is 2.20. The molecule has 1 N–H and O–H groups in total. The smallest absolute Gasteiger partial charge is 0.297 e. The Morgan fingerprint density at radius 1 is 1.24 bits per heavy atom. The third-order valence-electron chi connectivity index (χ3n) is 1.68. The molecular formula is C9H5Cl2F3N2O. The Morgan fingerprint density at radius 2 is 1.76 bits per heavy atom. The number of nitrogens with one attached hydrogen (secondary N) is 1. The third-order valence-corrected chi connectivity index (χ3v) is 2.28. The van der Waals surface area contributed by atoms with E-state index in [-0.39, 0.29) is 15.7 Å². The molecule has 0 saturated carbocycles. The third kappa shape index (κ3) is 3.61. The minimum absolute atomic E-state index is 0.000525. The zero-order chi connectivity index (χ0) is 13.1. The topological polar surface area (TPSA) is 41.5 Å². The highest BCUT2D eigenvalue weighted by Crippen LogP contribution is 2.38. The van der Waals surface area contributed by atoms with Crippen LogP contribution in [0.1, 0.15) is 5.56 Å². The lowest BCUT2D eigenvalue weighted by atomic mass is 10.2. The summed E-state index contributed by atoms with van der Waals surface area (Å²) in [4.78, 5) is 9.95. The van der Waals surface area contributed by atoms with E-state index in [1.807, 2.05) is 0 Å². The minimum atomic E-state index is -4.53. The maximum absolute atomic E-state index is 12.4. The van der Waals surface area contributed by atoms with Crippen molar-refractivity contribution < 1.29 is 18.0 Å². The van der Waals surface area contributed by atoms with Crippen molar-refractivity contribution in [3.63, 3.8) is 0 Å². The molecule has 1 aromatic carbocycles. The summed E-state index contributed by atoms with van der Waals surface area (Å²) in [5, 5.41) is 2.89. The van der Waals surface area contributed by atoms with E-state index in [1.165, 1.54) is 0 Å². The van der Waals surface area contributed by atoms with Crippen LogP contribution in [-0.2, 0) is 11.0 Å². The van der Waals surface area contributed by atoms with Crippen molar-refractivity contribution in [2.75, 3.05) is 5.43 Å². The molecular weight excluding hydrogens is 280 g/mol. The number of nitrogens with zero attached hydrogens (tertiary/aromatic N) is 1. The van der Waals surface area contributed by atoms with Crippen LogP contribution in [-0.4, -0.2) is 12.5 Å². The summed E-state index contributed by atoms with van der Waals surface area (Å²) in [7, 11) is 0. The zero-order valence-corrected chi connectivity index (χ0v) is 9.57. The summed E-state index contributed by atoms with van der Waals surface area (Å²) in [6, 6.07) is 1.43. The highest BCUT2D eigenvalue weighted by Gasteiger charge is 2.31. The molecule has 0 fully saturated rings. The van der Waals surface area contributed by atoms with Crippen LogP contribution in [0.5, 0.6) is 0 Å². The maximum atomic E-state index is 12.4. The zero-order valence-electron chi connectivity index (χ0n) is 8.05. The molecule has 0 aliphatic rings. The van der Waals surface area contributed by atoms with Gasteiger partial charge < -0.3 is 0 Å². The van der Waals surface area contributed by atoms with Gasteiger partial charge in [-0.15, -0.1) is 0 Å². The number of carbonyl (C=O) groups is 1. The minimum Gasteiger partial charge on any atom is -0.297 e. The van der Waals surface area contributed by atoms with Gasteiger partial charge in [0, 0.05) is 0 Å². The van der Waals surface area contributed by atoms with Crippen LogP contribution in [0.3, 0.4) is 0 Å². The van der Waals surface area contributed by atoms with Crippen molar-refractivity contribution in [2.45, 2.75) is 6.18 Å². The number of rotatable bonds is 3. The van der Waals surface area contributed by atoms with Crippen molar-refractivity contribution in [3.05, 3.63) is 27.7 Å². The molecule has 0 aliphatic heterocycles. The first kappa shape index (κ1) is 13.8. The van der Waals surface area contributed by atoms with Crippen LogP contribution in [0.25, 0.3) is 0 Å². The molecule has 3 nitrogen and oxygen atoms in total. The van der Waals surface area contributed by atoms with Gasteiger partial charge in [-0.05, 0) is 12.1 Å². The second kappa shape index (κ2) is 5.37. The van der Waals surface area contributed by atoms with Gasteiger partial charge in [0.15, 0.2) is 6.29 Å². The molecule has 0 spiro atoms. The van der Waals surface area contributed by atoms with E-state index in [9.17, 15) is 18.0 Å². The Bertz CT molecular complexity index is 437. The molecule has 0 aromatic heterocycles. The van der Waals surface area contributed by atoms with Gasteiger partial charge in [-0.3, -0.25) is 10.2 Å². The van der Waals surface area contributed by atoms with E-state index in [1.54, 1.807) is 0 Å². The van der Waals surface area contributed by atoms with E-state index in [0.29, 0.717) is 18.4 Å². The van der Waals surface area contributed by atoms with Crippen molar-refractivity contribution in [1.82, 2.24) is 0 Å². The van der Waals surface area contributed by atoms with Crippen LogP contribution in [0.2, 0.25) is 10.0 Å². The van der Waals surface area contributed by atoms with Crippen molar-refractivity contribution in [2.24, 2.45) is 5.10 Å². The largest absolute Gasteiger partial charge is 0.416 e. The quantitative estimate of drug-likeness (QED) is 0.523. The Morgan fingerprint density at radius 3 is 2.18 bits per heavy atom. The van der Waals surface area contributed by atoms with Crippen molar-refractivity contribution in [1.29, 1.82) is 0 Å². The number of carbonyl (C=O) groups excluding carboxylic acids is 1. The summed E-state index contributed by atoms with van der Waals surface area (Å²) in [6.45, 7) is 0. The molecule has 0 amide bonds. The van der Waals surface area contributed by atoms with E-state index >= 15 is 0 Å². The van der Waals surface area contributed by atoms with Crippen LogP contribution in [0, 0.1) is 0 Å². The lowest BCUT2D eigenvalue weighted by Gasteiger charge is -2.11. The lowest BCUT2D eigenvalue weighted by molar-refractivity contribution is -0.137. The number of hydrogen-bond donors (Lipinski definition) is 1. The van der Waals surface area contributed by atoms with Crippen LogP contribution in [0.4, 0.5) is 18.9 Å². The number of alkyl halides is 3. The number of halogens is 5. The first-order valence-corrected chi connectivity index (χ1v) is 4.91. The second-order valence-electron chi connectivity index (χ2n) is 2.84. The molecule has 0 bridgehead atoms. The highest BCUT2D eigenvalue weighted by molar-refractivity contribution is 6.39. The van der Waals surface area contributed by atoms with Crippen LogP contribution < -0.4 is 5.43 Å². The summed E-state index contributed by atoms with van der Waals surface area (Å²) in [5.41, 5.74) is 1.31. The second-order valence-corrected chi connectivity index (χ2v) is 3.65. The first-order valence-electron chi connectivity index (χ1n) is 4.15. The number of benzene rings is 1. The number of hydrogen-bond acceptors (Lipinski definition) is 3. The SMILES string of the molecule is O=C/C=N/Nc1c(Cl)cc(C(F)(F)F)cc1Cl. The van der Waals surface area contributed by atoms with Gasteiger partial charge in [-0.2, -0.15) is 18.3 Å². The summed E-state index contributed by atoms with van der Waals surface area (Å²) < 4.78 is 37.1. The summed E-state index contributed by atoms with van der Waals surface area (Å²) in [5.74, 6) is 0. The van der Waals surface area contributed by atoms with Gasteiger partial charge in [0.25, 0.3) is 0 Å². The first-order chi connectivity index (χ1) is 7.86.